The predicted octanol–water partition coefficient (Wildman–Crippen LogP) is 5.18. The number of nitrogens with zero attached hydrogens (tertiary/aromatic N) is 2. The van der Waals surface area contributed by atoms with Crippen molar-refractivity contribution in [3.63, 3.8) is 0 Å². The quantitative estimate of drug-likeness (QED) is 0.573. The van der Waals surface area contributed by atoms with Crippen LogP contribution in [-0.4, -0.2) is 21.7 Å². The van der Waals surface area contributed by atoms with Gasteiger partial charge in [0.15, 0.2) is 0 Å². The van der Waals surface area contributed by atoms with Crippen LogP contribution < -0.4 is 10.1 Å². The number of hydrogen-bond acceptors (Lipinski definition) is 4. The molecule has 0 aliphatic heterocycles. The zero-order valence-electron chi connectivity index (χ0n) is 18.0. The third kappa shape index (κ3) is 4.59. The number of rotatable bonds is 6. The van der Waals surface area contributed by atoms with E-state index in [1.165, 1.54) is 6.92 Å². The highest BCUT2D eigenvalue weighted by Crippen LogP contribution is 2.39. The number of amides is 1. The van der Waals surface area contributed by atoms with Gasteiger partial charge in [-0.15, -0.1) is 0 Å². The molecular formula is C24H27N3O3. The molecule has 3 aromatic rings. The van der Waals surface area contributed by atoms with Gasteiger partial charge in [0.1, 0.15) is 0 Å². The first kappa shape index (κ1) is 21.3. The highest BCUT2D eigenvalue weighted by atomic mass is 16.5. The number of ether oxygens (including phenoxy) is 1. The Morgan fingerprint density at radius 3 is 2.13 bits per heavy atom. The van der Waals surface area contributed by atoms with E-state index in [0.717, 1.165) is 22.5 Å². The average Bonchev–Trinajstić information content (AvgIpc) is 3.08. The van der Waals surface area contributed by atoms with Crippen LogP contribution in [0.4, 0.5) is 5.69 Å². The van der Waals surface area contributed by atoms with Gasteiger partial charge >= 0.3 is 5.97 Å². The van der Waals surface area contributed by atoms with Gasteiger partial charge in [0.2, 0.25) is 11.8 Å². The van der Waals surface area contributed by atoms with Crippen molar-refractivity contribution in [2.45, 2.75) is 40.5 Å². The van der Waals surface area contributed by atoms with Crippen LogP contribution in [0, 0.1) is 5.92 Å². The molecule has 0 atom stereocenters. The molecule has 0 fully saturated rings. The van der Waals surface area contributed by atoms with Crippen molar-refractivity contribution < 1.29 is 14.3 Å². The Labute approximate surface area is 176 Å². The van der Waals surface area contributed by atoms with E-state index in [-0.39, 0.29) is 17.7 Å². The van der Waals surface area contributed by atoms with Crippen LogP contribution in [-0.2, 0) is 9.59 Å². The second-order valence-electron chi connectivity index (χ2n) is 7.78. The predicted molar refractivity (Wildman–Crippen MR) is 118 cm³/mol. The summed E-state index contributed by atoms with van der Waals surface area (Å²) in [6.07, 6.45) is 0. The van der Waals surface area contributed by atoms with Crippen molar-refractivity contribution >= 4 is 17.6 Å². The van der Waals surface area contributed by atoms with Gasteiger partial charge in [-0.1, -0.05) is 58.0 Å². The lowest BCUT2D eigenvalue weighted by atomic mass is 9.99. The Bertz CT molecular complexity index is 1040. The first-order chi connectivity index (χ1) is 14.3. The van der Waals surface area contributed by atoms with E-state index in [9.17, 15) is 9.59 Å². The monoisotopic (exact) mass is 405 g/mol. The minimum Gasteiger partial charge on any atom is -0.407 e. The molecule has 1 amide bonds. The zero-order valence-corrected chi connectivity index (χ0v) is 18.0. The summed E-state index contributed by atoms with van der Waals surface area (Å²) in [5.41, 5.74) is 3.98. The molecule has 6 heteroatoms. The van der Waals surface area contributed by atoms with Crippen LogP contribution >= 0.6 is 0 Å². The second-order valence-corrected chi connectivity index (χ2v) is 7.78. The topological polar surface area (TPSA) is 73.2 Å². The van der Waals surface area contributed by atoms with Gasteiger partial charge in [-0.3, -0.25) is 9.59 Å². The zero-order chi connectivity index (χ0) is 21.8. The Balaban J connectivity index is 2.12. The number of benzene rings is 2. The number of para-hydroxylation sites is 1. The molecule has 0 saturated heterocycles. The molecule has 2 aromatic carbocycles. The van der Waals surface area contributed by atoms with Gasteiger partial charge in [-0.05, 0) is 35.7 Å². The summed E-state index contributed by atoms with van der Waals surface area (Å²) in [5, 5.41) is 7.66. The number of esters is 1. The van der Waals surface area contributed by atoms with Crippen LogP contribution in [0.15, 0.2) is 54.6 Å². The molecule has 6 nitrogen and oxygen atoms in total. The normalized spacial score (nSPS) is 11.0. The fraction of sp³-hybridized carbons (Fsp3) is 0.292. The molecule has 0 bridgehead atoms. The first-order valence-electron chi connectivity index (χ1n) is 10.1. The molecule has 0 radical (unpaired) electrons. The Morgan fingerprint density at radius 1 is 0.967 bits per heavy atom. The summed E-state index contributed by atoms with van der Waals surface area (Å²) in [6, 6.07) is 17.1. The SMILES string of the molecule is CC(=O)Oc1c(-c2ccc(NC(=O)C(C)C)cc2)c(C(C)C)nn1-c1ccccc1. The molecule has 156 valence electrons. The second kappa shape index (κ2) is 8.95. The van der Waals surface area contributed by atoms with Crippen LogP contribution in [0.1, 0.15) is 46.2 Å². The van der Waals surface area contributed by atoms with Gasteiger partial charge in [-0.2, -0.15) is 9.78 Å². The molecule has 0 aliphatic carbocycles. The lowest BCUT2D eigenvalue weighted by Gasteiger charge is -2.11. The van der Waals surface area contributed by atoms with E-state index in [1.807, 2.05) is 68.4 Å². The fourth-order valence-corrected chi connectivity index (χ4v) is 3.08. The molecule has 1 heterocycles. The Hall–Kier alpha value is -3.41. The minimum atomic E-state index is -0.413. The van der Waals surface area contributed by atoms with E-state index in [4.69, 9.17) is 9.84 Å². The van der Waals surface area contributed by atoms with Crippen LogP contribution in [0.5, 0.6) is 5.88 Å². The van der Waals surface area contributed by atoms with E-state index >= 15 is 0 Å². The number of hydrogen-bond donors (Lipinski definition) is 1. The van der Waals surface area contributed by atoms with Crippen molar-refractivity contribution in [1.82, 2.24) is 9.78 Å². The summed E-state index contributed by atoms with van der Waals surface area (Å²) >= 11 is 0. The third-order valence-corrected chi connectivity index (χ3v) is 4.62. The number of carbonyl (C=O) groups excluding carboxylic acids is 2. The molecular weight excluding hydrogens is 378 g/mol. The highest BCUT2D eigenvalue weighted by Gasteiger charge is 2.25. The molecule has 0 aliphatic rings. The number of nitrogens with one attached hydrogen (secondary N) is 1. The lowest BCUT2D eigenvalue weighted by Crippen LogP contribution is -2.17. The molecule has 0 saturated carbocycles. The largest absolute Gasteiger partial charge is 0.407 e. The van der Waals surface area contributed by atoms with Gasteiger partial charge in [-0.25, -0.2) is 0 Å². The minimum absolute atomic E-state index is 0.0388. The van der Waals surface area contributed by atoms with Crippen LogP contribution in [0.25, 0.3) is 16.8 Å². The summed E-state index contributed by atoms with van der Waals surface area (Å²) in [6.45, 7) is 9.18. The molecule has 30 heavy (non-hydrogen) atoms. The van der Waals surface area contributed by atoms with Crippen molar-refractivity contribution in [2.24, 2.45) is 5.92 Å². The van der Waals surface area contributed by atoms with Crippen molar-refractivity contribution in [2.75, 3.05) is 5.32 Å². The average molecular weight is 405 g/mol. The molecule has 1 aromatic heterocycles. The Morgan fingerprint density at radius 2 is 1.60 bits per heavy atom. The lowest BCUT2D eigenvalue weighted by molar-refractivity contribution is -0.132. The molecule has 0 unspecified atom stereocenters. The summed E-state index contributed by atoms with van der Waals surface area (Å²) in [5.74, 6) is -0.0552. The van der Waals surface area contributed by atoms with Crippen molar-refractivity contribution in [3.8, 4) is 22.7 Å². The van der Waals surface area contributed by atoms with Gasteiger partial charge in [0.25, 0.3) is 0 Å². The van der Waals surface area contributed by atoms with Crippen molar-refractivity contribution in [1.29, 1.82) is 0 Å². The van der Waals surface area contributed by atoms with Crippen LogP contribution in [0.2, 0.25) is 0 Å². The maximum absolute atomic E-state index is 12.0. The van der Waals surface area contributed by atoms with Gasteiger partial charge in [0.05, 0.1) is 16.9 Å². The van der Waals surface area contributed by atoms with Crippen molar-refractivity contribution in [3.05, 3.63) is 60.3 Å². The number of carbonyl (C=O) groups is 2. The summed E-state index contributed by atoms with van der Waals surface area (Å²) in [4.78, 5) is 23.9. The maximum atomic E-state index is 12.0. The molecule has 0 spiro atoms. The first-order valence-corrected chi connectivity index (χ1v) is 10.1. The third-order valence-electron chi connectivity index (χ3n) is 4.62. The number of aromatic nitrogens is 2. The van der Waals surface area contributed by atoms with E-state index < -0.39 is 5.97 Å². The summed E-state index contributed by atoms with van der Waals surface area (Å²) in [7, 11) is 0. The van der Waals surface area contributed by atoms with Gasteiger partial charge < -0.3 is 10.1 Å². The highest BCUT2D eigenvalue weighted by molar-refractivity contribution is 5.92. The van der Waals surface area contributed by atoms with Crippen LogP contribution in [0.3, 0.4) is 0 Å². The van der Waals surface area contributed by atoms with E-state index in [2.05, 4.69) is 19.2 Å². The smallest absolute Gasteiger partial charge is 0.309 e. The van der Waals surface area contributed by atoms with E-state index in [1.54, 1.807) is 4.68 Å². The fourth-order valence-electron chi connectivity index (χ4n) is 3.08. The summed E-state index contributed by atoms with van der Waals surface area (Å²) < 4.78 is 7.30. The van der Waals surface area contributed by atoms with Gasteiger partial charge in [0, 0.05) is 18.5 Å². The number of anilines is 1. The van der Waals surface area contributed by atoms with E-state index in [0.29, 0.717) is 11.6 Å². The standard InChI is InChI=1S/C24H27N3O3/c1-15(2)22-21(18-11-13-19(14-12-18)25-23(29)16(3)4)24(30-17(5)28)27(26-22)20-9-7-6-8-10-20/h6-16H,1-5H3,(H,25,29). The molecule has 1 N–H and O–H groups in total. The maximum Gasteiger partial charge on any atom is 0.309 e. The molecule has 3 rings (SSSR count). The Kier molecular flexibility index (Phi) is 6.35.